The van der Waals surface area contributed by atoms with E-state index in [1.807, 2.05) is 0 Å². The molecule has 0 unspecified atom stereocenters. The average molecular weight is 238 g/mol. The molecule has 14 heavy (non-hydrogen) atoms. The van der Waals surface area contributed by atoms with E-state index in [0.717, 1.165) is 12.3 Å². The molecule has 0 amide bonds. The number of rotatable bonds is 2. The van der Waals surface area contributed by atoms with Gasteiger partial charge < -0.3 is 10.2 Å². The zero-order chi connectivity index (χ0) is 10.0. The molecule has 0 radical (unpaired) electrons. The molecule has 0 aliphatic rings. The summed E-state index contributed by atoms with van der Waals surface area (Å²) >= 11 is 5.45. The molecule has 0 atom stereocenters. The van der Waals surface area contributed by atoms with Gasteiger partial charge in [-0.2, -0.15) is 0 Å². The van der Waals surface area contributed by atoms with Gasteiger partial charge in [-0.25, -0.2) is 14.6 Å². The SMILES string of the molecule is Cl.O=C(O)c1cc(Cl)cnc1C(=O)O. The van der Waals surface area contributed by atoms with E-state index in [2.05, 4.69) is 4.98 Å². The number of carboxylic acids is 2. The number of nitrogens with zero attached hydrogens (tertiary/aromatic N) is 1. The molecule has 0 aliphatic carbocycles. The Kier molecular flexibility index (Phi) is 4.33. The van der Waals surface area contributed by atoms with Gasteiger partial charge in [0.1, 0.15) is 0 Å². The number of carbonyl (C=O) groups is 2. The first-order valence-corrected chi connectivity index (χ1v) is 3.52. The zero-order valence-electron chi connectivity index (χ0n) is 6.60. The summed E-state index contributed by atoms with van der Waals surface area (Å²) in [5, 5.41) is 17.2. The molecule has 7 heteroatoms. The van der Waals surface area contributed by atoms with Gasteiger partial charge in [0.05, 0.1) is 10.6 Å². The standard InChI is InChI=1S/C7H4ClNO4.ClH/c8-3-1-4(6(10)11)5(7(12)13)9-2-3;/h1-2H,(H,10,11)(H,12,13);1H. The Morgan fingerprint density at radius 1 is 1.29 bits per heavy atom. The monoisotopic (exact) mass is 237 g/mol. The van der Waals surface area contributed by atoms with Crippen molar-refractivity contribution in [1.29, 1.82) is 0 Å². The fraction of sp³-hybridized carbons (Fsp3) is 0. The van der Waals surface area contributed by atoms with Gasteiger partial charge in [-0.05, 0) is 6.07 Å². The average Bonchev–Trinajstić information content (AvgIpc) is 2.03. The van der Waals surface area contributed by atoms with Crippen molar-refractivity contribution in [2.75, 3.05) is 0 Å². The molecule has 1 aromatic heterocycles. The van der Waals surface area contributed by atoms with Crippen molar-refractivity contribution in [1.82, 2.24) is 4.98 Å². The van der Waals surface area contributed by atoms with Crippen molar-refractivity contribution >= 4 is 35.9 Å². The second kappa shape index (κ2) is 4.78. The Balaban J connectivity index is 0.00000169. The Morgan fingerprint density at radius 3 is 2.29 bits per heavy atom. The third-order valence-corrected chi connectivity index (χ3v) is 1.49. The number of aromatic carboxylic acids is 2. The van der Waals surface area contributed by atoms with Crippen LogP contribution in [0.5, 0.6) is 0 Å². The molecule has 1 rings (SSSR count). The molecular weight excluding hydrogens is 233 g/mol. The highest BCUT2D eigenvalue weighted by molar-refractivity contribution is 6.30. The van der Waals surface area contributed by atoms with Crippen LogP contribution in [-0.2, 0) is 0 Å². The maximum atomic E-state index is 10.5. The summed E-state index contributed by atoms with van der Waals surface area (Å²) in [5.74, 6) is -2.76. The van der Waals surface area contributed by atoms with Gasteiger partial charge >= 0.3 is 11.9 Å². The molecule has 5 nitrogen and oxygen atoms in total. The van der Waals surface area contributed by atoms with Crippen LogP contribution in [0.1, 0.15) is 20.8 Å². The fourth-order valence-electron chi connectivity index (χ4n) is 0.773. The Bertz CT molecular complexity index is 380. The van der Waals surface area contributed by atoms with E-state index in [4.69, 9.17) is 21.8 Å². The molecule has 1 aromatic rings. The van der Waals surface area contributed by atoms with Crippen molar-refractivity contribution in [3.8, 4) is 0 Å². The Labute approximate surface area is 89.7 Å². The molecule has 76 valence electrons. The molecule has 0 saturated carbocycles. The number of carboxylic acid groups (broad SMARTS) is 2. The molecule has 2 N–H and O–H groups in total. The first kappa shape index (κ1) is 12.7. The van der Waals surface area contributed by atoms with Gasteiger partial charge in [0, 0.05) is 6.20 Å². The highest BCUT2D eigenvalue weighted by atomic mass is 35.5. The Hall–Kier alpha value is -1.33. The van der Waals surface area contributed by atoms with Crippen LogP contribution in [0.15, 0.2) is 12.3 Å². The maximum Gasteiger partial charge on any atom is 0.355 e. The van der Waals surface area contributed by atoms with Crippen molar-refractivity contribution in [3.63, 3.8) is 0 Å². The first-order valence-electron chi connectivity index (χ1n) is 3.14. The third-order valence-electron chi connectivity index (χ3n) is 1.29. The molecular formula is C7H5Cl2NO4. The van der Waals surface area contributed by atoms with E-state index >= 15 is 0 Å². The largest absolute Gasteiger partial charge is 0.478 e. The van der Waals surface area contributed by atoms with E-state index in [1.54, 1.807) is 0 Å². The molecule has 1 heterocycles. The number of pyridine rings is 1. The molecule has 0 aromatic carbocycles. The van der Waals surface area contributed by atoms with Crippen LogP contribution in [0.4, 0.5) is 0 Å². The first-order chi connectivity index (χ1) is 6.02. The highest BCUT2D eigenvalue weighted by Crippen LogP contribution is 2.13. The minimum atomic E-state index is -1.39. The molecule has 0 fully saturated rings. The number of aromatic nitrogens is 1. The summed E-state index contributed by atoms with van der Waals surface area (Å²) < 4.78 is 0. The lowest BCUT2D eigenvalue weighted by Crippen LogP contribution is -2.10. The van der Waals surface area contributed by atoms with Crippen molar-refractivity contribution < 1.29 is 19.8 Å². The van der Waals surface area contributed by atoms with Crippen LogP contribution >= 0.6 is 24.0 Å². The summed E-state index contributed by atoms with van der Waals surface area (Å²) in [4.78, 5) is 24.4. The number of hydrogen-bond donors (Lipinski definition) is 2. The van der Waals surface area contributed by atoms with E-state index in [-0.39, 0.29) is 17.4 Å². The van der Waals surface area contributed by atoms with Gasteiger partial charge in [-0.15, -0.1) is 12.4 Å². The molecule has 0 aliphatic heterocycles. The lowest BCUT2D eigenvalue weighted by Gasteiger charge is -1.99. The minimum absolute atomic E-state index is 0. The molecule has 0 spiro atoms. The summed E-state index contributed by atoms with van der Waals surface area (Å²) in [7, 11) is 0. The number of hydrogen-bond acceptors (Lipinski definition) is 3. The van der Waals surface area contributed by atoms with Crippen molar-refractivity contribution in [2.45, 2.75) is 0 Å². The van der Waals surface area contributed by atoms with Gasteiger partial charge in [0.15, 0.2) is 5.69 Å². The van der Waals surface area contributed by atoms with Crippen molar-refractivity contribution in [3.05, 3.63) is 28.5 Å². The lowest BCUT2D eigenvalue weighted by molar-refractivity contribution is 0.0646. The van der Waals surface area contributed by atoms with Gasteiger partial charge in [-0.3, -0.25) is 0 Å². The summed E-state index contributed by atoms with van der Waals surface area (Å²) in [5.41, 5.74) is -0.933. The van der Waals surface area contributed by atoms with Crippen LogP contribution in [0.25, 0.3) is 0 Å². The zero-order valence-corrected chi connectivity index (χ0v) is 8.17. The third kappa shape index (κ3) is 2.58. The van der Waals surface area contributed by atoms with Gasteiger partial charge in [0.2, 0.25) is 0 Å². The van der Waals surface area contributed by atoms with Gasteiger partial charge in [0.25, 0.3) is 0 Å². The molecule has 0 bridgehead atoms. The highest BCUT2D eigenvalue weighted by Gasteiger charge is 2.17. The number of halogens is 2. The van der Waals surface area contributed by atoms with E-state index in [0.29, 0.717) is 0 Å². The van der Waals surface area contributed by atoms with Crippen LogP contribution in [0, 0.1) is 0 Å². The van der Waals surface area contributed by atoms with Gasteiger partial charge in [-0.1, -0.05) is 11.6 Å². The summed E-state index contributed by atoms with van der Waals surface area (Å²) in [6.07, 6.45) is 1.08. The second-order valence-electron chi connectivity index (χ2n) is 2.16. The normalized spacial score (nSPS) is 8.93. The topological polar surface area (TPSA) is 87.5 Å². The predicted octanol–water partition coefficient (Wildman–Crippen LogP) is 1.55. The van der Waals surface area contributed by atoms with E-state index in [9.17, 15) is 9.59 Å². The maximum absolute atomic E-state index is 10.5. The quantitative estimate of drug-likeness (QED) is 0.815. The second-order valence-corrected chi connectivity index (χ2v) is 2.60. The van der Waals surface area contributed by atoms with E-state index < -0.39 is 23.2 Å². The van der Waals surface area contributed by atoms with Crippen LogP contribution < -0.4 is 0 Å². The smallest absolute Gasteiger partial charge is 0.355 e. The lowest BCUT2D eigenvalue weighted by atomic mass is 10.2. The summed E-state index contributed by atoms with van der Waals surface area (Å²) in [6.45, 7) is 0. The van der Waals surface area contributed by atoms with Crippen LogP contribution in [0.3, 0.4) is 0 Å². The van der Waals surface area contributed by atoms with Crippen LogP contribution in [-0.4, -0.2) is 27.1 Å². The van der Waals surface area contributed by atoms with Crippen LogP contribution in [0.2, 0.25) is 5.02 Å². The van der Waals surface area contributed by atoms with E-state index in [1.165, 1.54) is 0 Å². The Morgan fingerprint density at radius 2 is 1.86 bits per heavy atom. The minimum Gasteiger partial charge on any atom is -0.478 e. The fourth-order valence-corrected chi connectivity index (χ4v) is 0.931. The van der Waals surface area contributed by atoms with Crippen molar-refractivity contribution in [2.24, 2.45) is 0 Å². The molecule has 0 saturated heterocycles. The predicted molar refractivity (Wildman–Crippen MR) is 50.4 cm³/mol. The summed E-state index contributed by atoms with van der Waals surface area (Å²) in [6, 6.07) is 1.04.